The van der Waals surface area contributed by atoms with E-state index in [4.69, 9.17) is 10.5 Å². The number of ether oxygens (including phenoxy) is 1. The third kappa shape index (κ3) is 3.28. The molecule has 0 spiro atoms. The zero-order valence-corrected chi connectivity index (χ0v) is 10.4. The summed E-state index contributed by atoms with van der Waals surface area (Å²) in [5, 5.41) is 7.73. The molecule has 5 N–H and O–H groups in total. The number of rotatable bonds is 5. The van der Waals surface area contributed by atoms with Gasteiger partial charge in [-0.15, -0.1) is 0 Å². The molecule has 1 fully saturated rings. The lowest BCUT2D eigenvalue weighted by atomic mass is 10.2. The molecule has 1 aliphatic heterocycles. The largest absolute Gasteiger partial charge is 0.364 e. The van der Waals surface area contributed by atoms with E-state index in [9.17, 15) is 14.4 Å². The van der Waals surface area contributed by atoms with Crippen molar-refractivity contribution in [3.8, 4) is 0 Å². The molecule has 2 rings (SSSR count). The van der Waals surface area contributed by atoms with Crippen LogP contribution in [0.15, 0.2) is 12.1 Å². The average molecular weight is 279 g/mol. The van der Waals surface area contributed by atoms with Crippen molar-refractivity contribution in [1.82, 2.24) is 10.3 Å². The summed E-state index contributed by atoms with van der Waals surface area (Å²) >= 11 is 0. The maximum atomic E-state index is 11.8. The highest BCUT2D eigenvalue weighted by Crippen LogP contribution is 2.15. The summed E-state index contributed by atoms with van der Waals surface area (Å²) in [6.07, 6.45) is -0.188. The Morgan fingerprint density at radius 1 is 1.50 bits per heavy atom. The van der Waals surface area contributed by atoms with Gasteiger partial charge >= 0.3 is 0 Å². The Morgan fingerprint density at radius 2 is 2.30 bits per heavy atom. The third-order valence-corrected chi connectivity index (χ3v) is 2.56. The minimum Gasteiger partial charge on any atom is -0.364 e. The predicted octanol–water partition coefficient (Wildman–Crippen LogP) is -1.37. The number of hydrogen-bond donors (Lipinski definition) is 4. The van der Waals surface area contributed by atoms with Gasteiger partial charge in [-0.1, -0.05) is 0 Å². The van der Waals surface area contributed by atoms with E-state index in [2.05, 4.69) is 20.9 Å². The number of primary amides is 1. The Morgan fingerprint density at radius 3 is 2.90 bits per heavy atom. The van der Waals surface area contributed by atoms with Crippen LogP contribution in [0.3, 0.4) is 0 Å². The molecule has 1 unspecified atom stereocenters. The lowest BCUT2D eigenvalue weighted by Crippen LogP contribution is -2.31. The Kier molecular flexibility index (Phi) is 4.23. The molecule has 0 radical (unpaired) electrons. The topological polar surface area (TPSA) is 135 Å². The van der Waals surface area contributed by atoms with Crippen molar-refractivity contribution in [3.63, 3.8) is 0 Å². The standard InChI is InChI=1S/C11H13N5O4/c12-10(18)7-1-6(14-4-17)2-9(15-7)16-11(19)8-3-13-5-20-8/h1-2,4,8,13H,3,5H2,(H2,12,18)(H2,14,15,16,17,19). The number of carbonyl (C=O) groups is 3. The van der Waals surface area contributed by atoms with E-state index >= 15 is 0 Å². The zero-order valence-electron chi connectivity index (χ0n) is 10.4. The van der Waals surface area contributed by atoms with E-state index in [1.54, 1.807) is 0 Å². The van der Waals surface area contributed by atoms with Crippen molar-refractivity contribution in [1.29, 1.82) is 0 Å². The molecule has 0 aromatic carbocycles. The fourth-order valence-electron chi connectivity index (χ4n) is 1.66. The molecule has 1 aromatic rings. The van der Waals surface area contributed by atoms with Crippen molar-refractivity contribution in [3.05, 3.63) is 17.8 Å². The molecule has 9 heteroatoms. The van der Waals surface area contributed by atoms with Crippen molar-refractivity contribution < 1.29 is 19.1 Å². The maximum absolute atomic E-state index is 11.8. The lowest BCUT2D eigenvalue weighted by Gasteiger charge is -2.11. The molecule has 2 heterocycles. The van der Waals surface area contributed by atoms with Gasteiger partial charge in [0.1, 0.15) is 11.5 Å². The van der Waals surface area contributed by atoms with Crippen LogP contribution in [0.25, 0.3) is 0 Å². The van der Waals surface area contributed by atoms with E-state index in [1.165, 1.54) is 12.1 Å². The molecule has 0 aliphatic carbocycles. The van der Waals surface area contributed by atoms with Gasteiger partial charge in [-0.05, 0) is 6.07 Å². The van der Waals surface area contributed by atoms with Gasteiger partial charge in [0.05, 0.1) is 6.73 Å². The number of carbonyl (C=O) groups excluding carboxylic acids is 3. The van der Waals surface area contributed by atoms with Crippen LogP contribution in [0.5, 0.6) is 0 Å². The molecular weight excluding hydrogens is 266 g/mol. The number of amides is 3. The summed E-state index contributed by atoms with van der Waals surface area (Å²) in [7, 11) is 0. The van der Waals surface area contributed by atoms with Crippen molar-refractivity contribution in [2.45, 2.75) is 6.10 Å². The quantitative estimate of drug-likeness (QED) is 0.491. The molecule has 3 amide bonds. The van der Waals surface area contributed by atoms with Gasteiger partial charge in [-0.25, -0.2) is 4.98 Å². The van der Waals surface area contributed by atoms with Gasteiger partial charge < -0.3 is 21.1 Å². The van der Waals surface area contributed by atoms with Gasteiger partial charge in [0, 0.05) is 18.3 Å². The van der Waals surface area contributed by atoms with Crippen molar-refractivity contribution in [2.75, 3.05) is 23.9 Å². The van der Waals surface area contributed by atoms with Gasteiger partial charge in [-0.3, -0.25) is 19.7 Å². The summed E-state index contributed by atoms with van der Waals surface area (Å²) in [5.41, 5.74) is 5.36. The molecule has 1 atom stereocenters. The van der Waals surface area contributed by atoms with Crippen LogP contribution in [0, 0.1) is 0 Å². The van der Waals surface area contributed by atoms with Crippen LogP contribution in [0.4, 0.5) is 11.5 Å². The summed E-state index contributed by atoms with van der Waals surface area (Å²) in [6.45, 7) is 0.686. The van der Waals surface area contributed by atoms with Crippen LogP contribution in [-0.4, -0.2) is 42.6 Å². The number of nitrogens with one attached hydrogen (secondary N) is 3. The fourth-order valence-corrected chi connectivity index (χ4v) is 1.66. The second-order valence-corrected chi connectivity index (χ2v) is 4.00. The molecule has 1 aliphatic rings. The minimum atomic E-state index is -0.770. The van der Waals surface area contributed by atoms with Gasteiger partial charge in [-0.2, -0.15) is 0 Å². The van der Waals surface area contributed by atoms with Crippen LogP contribution < -0.4 is 21.7 Å². The van der Waals surface area contributed by atoms with Crippen LogP contribution in [0.1, 0.15) is 10.5 Å². The molecule has 106 valence electrons. The number of nitrogens with zero attached hydrogens (tertiary/aromatic N) is 1. The molecule has 20 heavy (non-hydrogen) atoms. The molecule has 9 nitrogen and oxygen atoms in total. The second kappa shape index (κ2) is 6.08. The number of aromatic nitrogens is 1. The summed E-state index contributed by atoms with van der Waals surface area (Å²) < 4.78 is 5.13. The zero-order chi connectivity index (χ0) is 14.5. The minimum absolute atomic E-state index is 0.0717. The Bertz CT molecular complexity index is 542. The SMILES string of the molecule is NC(=O)c1cc(NC=O)cc(NC(=O)C2CNCO2)n1. The molecule has 1 aromatic heterocycles. The van der Waals surface area contributed by atoms with E-state index in [-0.39, 0.29) is 11.5 Å². The fraction of sp³-hybridized carbons (Fsp3) is 0.273. The number of pyridine rings is 1. The number of anilines is 2. The van der Waals surface area contributed by atoms with E-state index in [1.807, 2.05) is 0 Å². The van der Waals surface area contributed by atoms with Crippen LogP contribution >= 0.6 is 0 Å². The number of nitrogens with two attached hydrogens (primary N) is 1. The Balaban J connectivity index is 2.18. The average Bonchev–Trinajstić information content (AvgIpc) is 2.92. The summed E-state index contributed by atoms with van der Waals surface area (Å²) in [6, 6.07) is 2.71. The summed E-state index contributed by atoms with van der Waals surface area (Å²) in [4.78, 5) is 37.3. The predicted molar refractivity (Wildman–Crippen MR) is 68.8 cm³/mol. The monoisotopic (exact) mass is 279 g/mol. The summed E-state index contributed by atoms with van der Waals surface area (Å²) in [5.74, 6) is -1.07. The number of hydrogen-bond acceptors (Lipinski definition) is 6. The Labute approximate surface area is 113 Å². The Hall–Kier alpha value is -2.52. The normalized spacial score (nSPS) is 17.5. The first-order chi connectivity index (χ1) is 9.60. The van der Waals surface area contributed by atoms with Crippen molar-refractivity contribution >= 4 is 29.7 Å². The van der Waals surface area contributed by atoms with E-state index in [0.717, 1.165) is 0 Å². The highest BCUT2D eigenvalue weighted by atomic mass is 16.5. The van der Waals surface area contributed by atoms with Crippen LogP contribution in [0.2, 0.25) is 0 Å². The van der Waals surface area contributed by atoms with Gasteiger partial charge in [0.25, 0.3) is 11.8 Å². The van der Waals surface area contributed by atoms with Gasteiger partial charge in [0.2, 0.25) is 6.41 Å². The highest BCUT2D eigenvalue weighted by Gasteiger charge is 2.23. The lowest BCUT2D eigenvalue weighted by molar-refractivity contribution is -0.124. The smallest absolute Gasteiger partial charge is 0.267 e. The van der Waals surface area contributed by atoms with Crippen LogP contribution in [-0.2, 0) is 14.3 Å². The highest BCUT2D eigenvalue weighted by molar-refractivity contribution is 5.96. The molecule has 1 saturated heterocycles. The van der Waals surface area contributed by atoms with Gasteiger partial charge in [0.15, 0.2) is 6.10 Å². The first-order valence-electron chi connectivity index (χ1n) is 5.75. The third-order valence-electron chi connectivity index (χ3n) is 2.56. The second-order valence-electron chi connectivity index (χ2n) is 4.00. The first kappa shape index (κ1) is 13.9. The van der Waals surface area contributed by atoms with Crippen molar-refractivity contribution in [2.24, 2.45) is 5.73 Å². The van der Waals surface area contributed by atoms with E-state index < -0.39 is 17.9 Å². The molecule has 0 saturated carbocycles. The maximum Gasteiger partial charge on any atom is 0.267 e. The van der Waals surface area contributed by atoms with E-state index in [0.29, 0.717) is 25.4 Å². The molecular formula is C11H13N5O4. The molecule has 0 bridgehead atoms. The first-order valence-corrected chi connectivity index (χ1v) is 5.75.